The number of alkyl halides is 6. The van der Waals surface area contributed by atoms with Crippen LogP contribution in [0.15, 0.2) is 18.2 Å². The van der Waals surface area contributed by atoms with Crippen molar-refractivity contribution in [2.24, 2.45) is 0 Å². The Morgan fingerprint density at radius 2 is 1.40 bits per heavy atom. The number of hydrogen-bond donors (Lipinski definition) is 0. The van der Waals surface area contributed by atoms with Crippen molar-refractivity contribution in [3.05, 3.63) is 29.3 Å². The molecular formula is C13H15F6P. The Balaban J connectivity index is 3.17. The van der Waals surface area contributed by atoms with Gasteiger partial charge >= 0.3 is 12.4 Å². The summed E-state index contributed by atoms with van der Waals surface area (Å²) in [6.07, 6.45) is -7.92. The molecule has 2 atom stereocenters. The molecule has 0 aliphatic carbocycles. The highest BCUT2D eigenvalue weighted by Crippen LogP contribution is 2.36. The second-order valence-electron chi connectivity index (χ2n) is 4.63. The van der Waals surface area contributed by atoms with E-state index in [1.165, 1.54) is 0 Å². The summed E-state index contributed by atoms with van der Waals surface area (Å²) >= 11 is 0. The molecule has 0 N–H and O–H groups in total. The molecular weight excluding hydrogens is 301 g/mol. The smallest absolute Gasteiger partial charge is 0.166 e. The molecule has 0 saturated carbocycles. The third kappa shape index (κ3) is 4.97. The Bertz CT molecular complexity index is 417. The maximum atomic E-state index is 12.7. The fraction of sp³-hybridized carbons (Fsp3) is 0.538. The Morgan fingerprint density at radius 3 is 1.75 bits per heavy atom. The molecule has 2 unspecified atom stereocenters. The van der Waals surface area contributed by atoms with E-state index in [1.54, 1.807) is 0 Å². The molecule has 0 aliphatic heterocycles. The molecule has 0 aromatic heterocycles. The van der Waals surface area contributed by atoms with E-state index in [4.69, 9.17) is 0 Å². The van der Waals surface area contributed by atoms with Gasteiger partial charge in [0.2, 0.25) is 0 Å². The van der Waals surface area contributed by atoms with Gasteiger partial charge in [-0.3, -0.25) is 0 Å². The summed E-state index contributed by atoms with van der Waals surface area (Å²) in [6.45, 7) is 3.75. The Labute approximate surface area is 115 Å². The van der Waals surface area contributed by atoms with Crippen molar-refractivity contribution in [3.63, 3.8) is 0 Å². The zero-order valence-corrected chi connectivity index (χ0v) is 12.0. The summed E-state index contributed by atoms with van der Waals surface area (Å²) in [5, 5.41) is 0.105. The second-order valence-corrected chi connectivity index (χ2v) is 6.48. The van der Waals surface area contributed by atoms with Crippen LogP contribution in [0.25, 0.3) is 0 Å². The molecule has 7 heteroatoms. The fourth-order valence-corrected chi connectivity index (χ4v) is 3.31. The first-order valence-electron chi connectivity index (χ1n) is 6.10. The van der Waals surface area contributed by atoms with E-state index < -0.39 is 23.5 Å². The molecule has 0 radical (unpaired) electrons. The summed E-state index contributed by atoms with van der Waals surface area (Å²) in [7, 11) is -0.0640. The monoisotopic (exact) mass is 316 g/mol. The molecule has 0 amide bonds. The third-order valence-electron chi connectivity index (χ3n) is 2.72. The van der Waals surface area contributed by atoms with Gasteiger partial charge in [-0.25, -0.2) is 0 Å². The van der Waals surface area contributed by atoms with Gasteiger partial charge in [0, 0.05) is 0 Å². The zero-order chi connectivity index (χ0) is 15.6. The van der Waals surface area contributed by atoms with Crippen molar-refractivity contribution in [2.45, 2.75) is 44.7 Å². The van der Waals surface area contributed by atoms with E-state index in [9.17, 15) is 26.3 Å². The molecule has 0 spiro atoms. The van der Waals surface area contributed by atoms with Crippen LogP contribution < -0.4 is 5.30 Å². The van der Waals surface area contributed by atoms with Crippen molar-refractivity contribution in [1.82, 2.24) is 0 Å². The van der Waals surface area contributed by atoms with Gasteiger partial charge in [-0.15, -0.1) is 0 Å². The van der Waals surface area contributed by atoms with E-state index in [2.05, 4.69) is 0 Å². The minimum atomic E-state index is -4.77. The van der Waals surface area contributed by atoms with Crippen molar-refractivity contribution >= 4 is 13.9 Å². The first-order chi connectivity index (χ1) is 9.04. The van der Waals surface area contributed by atoms with E-state index in [0.29, 0.717) is 0 Å². The lowest BCUT2D eigenvalue weighted by Gasteiger charge is -2.16. The van der Waals surface area contributed by atoms with Crippen molar-refractivity contribution in [3.8, 4) is 0 Å². The predicted octanol–water partition coefficient (Wildman–Crippen LogP) is 5.22. The Morgan fingerprint density at radius 1 is 0.950 bits per heavy atom. The van der Waals surface area contributed by atoms with Gasteiger partial charge in [0.05, 0.1) is 11.1 Å². The van der Waals surface area contributed by atoms with E-state index in [0.717, 1.165) is 25.0 Å². The van der Waals surface area contributed by atoms with Gasteiger partial charge in [-0.1, -0.05) is 28.8 Å². The lowest BCUT2D eigenvalue weighted by molar-refractivity contribution is -0.142. The molecule has 0 bridgehead atoms. The number of benzene rings is 1. The first kappa shape index (κ1) is 17.3. The molecule has 0 nitrogen and oxygen atoms in total. The lowest BCUT2D eigenvalue weighted by atomic mass is 10.1. The fourth-order valence-electron chi connectivity index (χ4n) is 1.83. The largest absolute Gasteiger partial charge is 0.416 e. The molecule has 0 aliphatic rings. The van der Waals surface area contributed by atoms with Crippen LogP contribution in [-0.2, 0) is 12.4 Å². The molecule has 0 fully saturated rings. The number of rotatable bonds is 4. The molecule has 0 heterocycles. The maximum Gasteiger partial charge on any atom is 0.416 e. The van der Waals surface area contributed by atoms with Crippen LogP contribution in [0, 0.1) is 0 Å². The highest BCUT2D eigenvalue weighted by Gasteiger charge is 2.36. The topological polar surface area (TPSA) is 0 Å². The molecule has 0 saturated heterocycles. The van der Waals surface area contributed by atoms with Crippen LogP contribution >= 0.6 is 8.58 Å². The minimum absolute atomic E-state index is 0.0640. The van der Waals surface area contributed by atoms with Gasteiger partial charge < -0.3 is 0 Å². The van der Waals surface area contributed by atoms with Gasteiger partial charge in [0.25, 0.3) is 0 Å². The standard InChI is InChI=1S/C13H15F6P/c1-3-4-8(2)20-11-6-9(12(14,15)16)5-10(7-11)13(17,18)19/h5-8,20H,3-4H2,1-2H3. The molecule has 20 heavy (non-hydrogen) atoms. The van der Waals surface area contributed by atoms with Gasteiger partial charge in [0.1, 0.15) is 0 Å². The summed E-state index contributed by atoms with van der Waals surface area (Å²) in [6, 6.07) is 1.80. The Hall–Kier alpha value is -0.770. The third-order valence-corrected chi connectivity index (χ3v) is 4.13. The van der Waals surface area contributed by atoms with Crippen molar-refractivity contribution in [1.29, 1.82) is 0 Å². The van der Waals surface area contributed by atoms with Gasteiger partial charge in [0.15, 0.2) is 0 Å². The van der Waals surface area contributed by atoms with Crippen molar-refractivity contribution in [2.75, 3.05) is 0 Å². The minimum Gasteiger partial charge on any atom is -0.166 e. The average Bonchev–Trinajstić information content (AvgIpc) is 2.26. The van der Waals surface area contributed by atoms with E-state index in [-0.39, 0.29) is 25.6 Å². The molecule has 1 rings (SSSR count). The SMILES string of the molecule is CCCC(C)Pc1cc(C(F)(F)F)cc(C(F)(F)F)c1. The molecule has 114 valence electrons. The Kier molecular flexibility index (Phi) is 5.47. The normalized spacial score (nSPS) is 15.0. The van der Waals surface area contributed by atoms with Crippen LogP contribution in [0.3, 0.4) is 0 Å². The zero-order valence-electron chi connectivity index (χ0n) is 11.0. The van der Waals surface area contributed by atoms with Crippen LogP contribution in [0.1, 0.15) is 37.8 Å². The second kappa shape index (κ2) is 6.33. The van der Waals surface area contributed by atoms with E-state index >= 15 is 0 Å². The molecule has 1 aromatic rings. The quantitative estimate of drug-likeness (QED) is 0.528. The average molecular weight is 316 g/mol. The highest BCUT2D eigenvalue weighted by molar-refractivity contribution is 7.47. The summed E-state index contributed by atoms with van der Waals surface area (Å²) < 4.78 is 75.9. The van der Waals surface area contributed by atoms with E-state index in [1.807, 2.05) is 13.8 Å². The lowest BCUT2D eigenvalue weighted by Crippen LogP contribution is -2.16. The highest BCUT2D eigenvalue weighted by atomic mass is 31.1. The maximum absolute atomic E-state index is 12.7. The van der Waals surface area contributed by atoms with Gasteiger partial charge in [-0.2, -0.15) is 26.3 Å². The van der Waals surface area contributed by atoms with Crippen LogP contribution in [-0.4, -0.2) is 5.66 Å². The van der Waals surface area contributed by atoms with Crippen LogP contribution in [0.2, 0.25) is 0 Å². The van der Waals surface area contributed by atoms with Crippen LogP contribution in [0.5, 0.6) is 0 Å². The summed E-state index contributed by atoms with van der Waals surface area (Å²) in [5.41, 5.74) is -2.40. The number of halogens is 6. The van der Waals surface area contributed by atoms with Gasteiger partial charge in [-0.05, 0) is 35.6 Å². The summed E-state index contributed by atoms with van der Waals surface area (Å²) in [5.74, 6) is 0. The first-order valence-corrected chi connectivity index (χ1v) is 7.17. The predicted molar refractivity (Wildman–Crippen MR) is 68.8 cm³/mol. The van der Waals surface area contributed by atoms with Crippen LogP contribution in [0.4, 0.5) is 26.3 Å². The number of hydrogen-bond acceptors (Lipinski definition) is 0. The van der Waals surface area contributed by atoms with Crippen molar-refractivity contribution < 1.29 is 26.3 Å². The summed E-state index contributed by atoms with van der Waals surface area (Å²) in [4.78, 5) is 0. The molecule has 1 aromatic carbocycles.